The maximum atomic E-state index is 12.1. The van der Waals surface area contributed by atoms with Gasteiger partial charge in [0.1, 0.15) is 10.7 Å². The lowest BCUT2D eigenvalue weighted by Crippen LogP contribution is -2.41. The van der Waals surface area contributed by atoms with Gasteiger partial charge in [0.2, 0.25) is 0 Å². The van der Waals surface area contributed by atoms with Crippen LogP contribution in [0, 0.1) is 0 Å². The predicted molar refractivity (Wildman–Crippen MR) is 91.8 cm³/mol. The first-order valence-electron chi connectivity index (χ1n) is 8.04. The van der Waals surface area contributed by atoms with Gasteiger partial charge in [-0.15, -0.1) is 11.3 Å². The Bertz CT molecular complexity index is 657. The molecule has 0 bridgehead atoms. The Morgan fingerprint density at radius 1 is 1.50 bits per heavy atom. The minimum absolute atomic E-state index is 0.0742. The monoisotopic (exact) mass is 347 g/mol. The molecule has 0 spiro atoms. The fourth-order valence-corrected chi connectivity index (χ4v) is 3.37. The highest BCUT2D eigenvalue weighted by Gasteiger charge is 2.19. The second-order valence-electron chi connectivity index (χ2n) is 5.73. The third kappa shape index (κ3) is 4.48. The van der Waals surface area contributed by atoms with E-state index in [4.69, 9.17) is 4.74 Å². The van der Waals surface area contributed by atoms with Crippen LogP contribution in [0.5, 0.6) is 0 Å². The summed E-state index contributed by atoms with van der Waals surface area (Å²) in [5, 5.41) is 5.76. The van der Waals surface area contributed by atoms with Crippen molar-refractivity contribution in [3.8, 4) is 10.7 Å². The van der Waals surface area contributed by atoms with Crippen molar-refractivity contribution in [3.63, 3.8) is 0 Å². The van der Waals surface area contributed by atoms with Gasteiger partial charge in [0, 0.05) is 50.9 Å². The van der Waals surface area contributed by atoms with Gasteiger partial charge in [-0.05, 0) is 12.8 Å². The first-order valence-corrected chi connectivity index (χ1v) is 8.91. The molecule has 2 aromatic heterocycles. The molecule has 1 aliphatic heterocycles. The number of likely N-dealkylation sites (N-methyl/N-ethyl adjacent to an activating group) is 1. The van der Waals surface area contributed by atoms with Crippen molar-refractivity contribution in [1.82, 2.24) is 25.2 Å². The number of nitrogens with zero attached hydrogens (tertiary/aromatic N) is 4. The average molecular weight is 347 g/mol. The van der Waals surface area contributed by atoms with Crippen LogP contribution in [0.3, 0.4) is 0 Å². The molecule has 0 aliphatic carbocycles. The van der Waals surface area contributed by atoms with Crippen molar-refractivity contribution >= 4 is 17.4 Å². The normalized spacial score (nSPS) is 17.0. The standard InChI is InChI=1S/C16H21N5O2S/c1-21(10-13-3-2-8-23-13)16(22)19-5-4-12-11-24-15(20-12)14-9-17-6-7-18-14/h6-7,9,11,13H,2-5,8,10H2,1H3,(H,19,22)/t13-/m1/s1. The minimum atomic E-state index is -0.0742. The lowest BCUT2D eigenvalue weighted by atomic mass is 10.2. The number of rotatable bonds is 6. The van der Waals surface area contributed by atoms with Gasteiger partial charge in [-0.25, -0.2) is 9.78 Å². The van der Waals surface area contributed by atoms with Crippen molar-refractivity contribution in [1.29, 1.82) is 0 Å². The Kier molecular flexibility index (Phi) is 5.71. The van der Waals surface area contributed by atoms with E-state index >= 15 is 0 Å². The second kappa shape index (κ2) is 8.16. The Balaban J connectivity index is 1.43. The van der Waals surface area contributed by atoms with Crippen LogP contribution in [-0.4, -0.2) is 58.7 Å². The lowest BCUT2D eigenvalue weighted by molar-refractivity contribution is 0.0875. The molecule has 0 saturated carbocycles. The summed E-state index contributed by atoms with van der Waals surface area (Å²) >= 11 is 1.54. The molecule has 24 heavy (non-hydrogen) atoms. The fraction of sp³-hybridized carbons (Fsp3) is 0.500. The third-order valence-electron chi connectivity index (χ3n) is 3.84. The highest BCUT2D eigenvalue weighted by molar-refractivity contribution is 7.13. The van der Waals surface area contributed by atoms with E-state index in [1.807, 2.05) is 5.38 Å². The number of ether oxygens (including phenoxy) is 1. The zero-order valence-electron chi connectivity index (χ0n) is 13.6. The number of hydrogen-bond acceptors (Lipinski definition) is 6. The molecule has 2 aromatic rings. The highest BCUT2D eigenvalue weighted by atomic mass is 32.1. The number of carbonyl (C=O) groups is 1. The number of aromatic nitrogens is 3. The van der Waals surface area contributed by atoms with Crippen LogP contribution in [0.15, 0.2) is 24.0 Å². The average Bonchev–Trinajstić information content (AvgIpc) is 3.27. The van der Waals surface area contributed by atoms with E-state index in [0.717, 1.165) is 35.8 Å². The maximum absolute atomic E-state index is 12.1. The van der Waals surface area contributed by atoms with Gasteiger partial charge in [-0.2, -0.15) is 0 Å². The first kappa shape index (κ1) is 16.8. The van der Waals surface area contributed by atoms with E-state index in [1.54, 1.807) is 30.5 Å². The van der Waals surface area contributed by atoms with Crippen LogP contribution in [0.1, 0.15) is 18.5 Å². The van der Waals surface area contributed by atoms with Gasteiger partial charge < -0.3 is 15.0 Å². The van der Waals surface area contributed by atoms with Crippen LogP contribution in [-0.2, 0) is 11.2 Å². The molecule has 1 aliphatic rings. The van der Waals surface area contributed by atoms with Crippen molar-refractivity contribution < 1.29 is 9.53 Å². The molecule has 0 radical (unpaired) electrons. The third-order valence-corrected chi connectivity index (χ3v) is 4.75. The Labute approximate surface area is 145 Å². The summed E-state index contributed by atoms with van der Waals surface area (Å²) in [5.74, 6) is 0. The highest BCUT2D eigenvalue weighted by Crippen LogP contribution is 2.20. The Morgan fingerprint density at radius 2 is 2.42 bits per heavy atom. The molecule has 8 heteroatoms. The van der Waals surface area contributed by atoms with Gasteiger partial charge in [-0.3, -0.25) is 9.97 Å². The summed E-state index contributed by atoms with van der Waals surface area (Å²) < 4.78 is 5.55. The Morgan fingerprint density at radius 3 is 3.17 bits per heavy atom. The smallest absolute Gasteiger partial charge is 0.317 e. The topological polar surface area (TPSA) is 80.2 Å². The van der Waals surface area contributed by atoms with E-state index in [1.165, 1.54) is 11.3 Å². The van der Waals surface area contributed by atoms with Crippen LogP contribution in [0.4, 0.5) is 4.79 Å². The summed E-state index contributed by atoms with van der Waals surface area (Å²) in [6.07, 6.45) is 7.97. The summed E-state index contributed by atoms with van der Waals surface area (Å²) in [6.45, 7) is 2.00. The van der Waals surface area contributed by atoms with Gasteiger partial charge >= 0.3 is 6.03 Å². The largest absolute Gasteiger partial charge is 0.376 e. The summed E-state index contributed by atoms with van der Waals surface area (Å²) in [7, 11) is 1.80. The number of amides is 2. The molecule has 3 rings (SSSR count). The number of nitrogens with one attached hydrogen (secondary N) is 1. The van der Waals surface area contributed by atoms with Gasteiger partial charge in [0.25, 0.3) is 0 Å². The van der Waals surface area contributed by atoms with Crippen LogP contribution in [0.25, 0.3) is 10.7 Å². The first-order chi connectivity index (χ1) is 11.7. The molecular weight excluding hydrogens is 326 g/mol. The molecule has 0 unspecified atom stereocenters. The molecule has 128 valence electrons. The summed E-state index contributed by atoms with van der Waals surface area (Å²) in [5.41, 5.74) is 1.72. The predicted octanol–water partition coefficient (Wildman–Crippen LogP) is 1.96. The van der Waals surface area contributed by atoms with Gasteiger partial charge in [0.15, 0.2) is 0 Å². The summed E-state index contributed by atoms with van der Waals surface area (Å²) in [4.78, 5) is 26.6. The Hall–Kier alpha value is -2.06. The van der Waals surface area contributed by atoms with Crippen molar-refractivity contribution in [3.05, 3.63) is 29.7 Å². The molecule has 3 heterocycles. The molecule has 7 nitrogen and oxygen atoms in total. The van der Waals surface area contributed by atoms with E-state index in [-0.39, 0.29) is 12.1 Å². The SMILES string of the molecule is CN(C[C@H]1CCCO1)C(=O)NCCc1csc(-c2cnccn2)n1. The fourth-order valence-electron chi connectivity index (χ4n) is 2.56. The summed E-state index contributed by atoms with van der Waals surface area (Å²) in [6, 6.07) is -0.0742. The zero-order valence-corrected chi connectivity index (χ0v) is 14.5. The second-order valence-corrected chi connectivity index (χ2v) is 6.59. The van der Waals surface area contributed by atoms with E-state index in [2.05, 4.69) is 20.3 Å². The molecule has 1 fully saturated rings. The van der Waals surface area contributed by atoms with Gasteiger partial charge in [-0.1, -0.05) is 0 Å². The molecule has 0 aromatic carbocycles. The molecule has 2 amide bonds. The molecule has 1 atom stereocenters. The quantitative estimate of drug-likeness (QED) is 0.864. The van der Waals surface area contributed by atoms with Crippen molar-refractivity contribution in [2.75, 3.05) is 26.7 Å². The van der Waals surface area contributed by atoms with Crippen LogP contribution in [0.2, 0.25) is 0 Å². The lowest BCUT2D eigenvalue weighted by Gasteiger charge is -2.21. The molecule has 1 N–H and O–H groups in total. The maximum Gasteiger partial charge on any atom is 0.317 e. The van der Waals surface area contributed by atoms with Crippen molar-refractivity contribution in [2.45, 2.75) is 25.4 Å². The zero-order chi connectivity index (χ0) is 16.8. The number of thiazole rings is 1. The van der Waals surface area contributed by atoms with Crippen molar-refractivity contribution in [2.24, 2.45) is 0 Å². The van der Waals surface area contributed by atoms with Gasteiger partial charge in [0.05, 0.1) is 18.0 Å². The van der Waals surface area contributed by atoms with E-state index in [0.29, 0.717) is 19.5 Å². The minimum Gasteiger partial charge on any atom is -0.376 e. The van der Waals surface area contributed by atoms with Crippen LogP contribution >= 0.6 is 11.3 Å². The number of urea groups is 1. The van der Waals surface area contributed by atoms with Crippen LogP contribution < -0.4 is 5.32 Å². The molecular formula is C16H21N5O2S. The number of hydrogen-bond donors (Lipinski definition) is 1. The van der Waals surface area contributed by atoms with E-state index in [9.17, 15) is 4.79 Å². The number of carbonyl (C=O) groups excluding carboxylic acids is 1. The molecule has 1 saturated heterocycles. The van der Waals surface area contributed by atoms with E-state index < -0.39 is 0 Å².